The lowest BCUT2D eigenvalue weighted by atomic mass is 10.0. The Labute approximate surface area is 146 Å². The zero-order valence-electron chi connectivity index (χ0n) is 13.4. The van der Waals surface area contributed by atoms with Gasteiger partial charge in [0, 0.05) is 17.1 Å². The van der Waals surface area contributed by atoms with E-state index in [0.717, 1.165) is 17.3 Å². The first-order chi connectivity index (χ1) is 11.2. The van der Waals surface area contributed by atoms with E-state index in [-0.39, 0.29) is 11.9 Å². The Morgan fingerprint density at radius 1 is 1.09 bits per heavy atom. The van der Waals surface area contributed by atoms with Gasteiger partial charge >= 0.3 is 0 Å². The minimum absolute atomic E-state index is 0.0384. The molecule has 3 nitrogen and oxygen atoms in total. The van der Waals surface area contributed by atoms with Crippen LogP contribution in [0.4, 0.5) is 0 Å². The standard InChI is InChI=1S/C19H23BrN2O/c1-2-18(16-8-10-17(20)11-9-16)22-14-19(23)21-13-12-15-6-4-3-5-7-15/h3-11,18,22H,2,12-14H2,1H3,(H,21,23)/t18-/m0/s1. The number of halogens is 1. The Bertz CT molecular complexity index is 599. The van der Waals surface area contributed by atoms with Crippen LogP contribution in [-0.4, -0.2) is 19.0 Å². The van der Waals surface area contributed by atoms with Gasteiger partial charge in [0.15, 0.2) is 0 Å². The molecule has 2 aromatic rings. The minimum atomic E-state index is 0.0384. The van der Waals surface area contributed by atoms with Gasteiger partial charge in [-0.15, -0.1) is 0 Å². The number of carbonyl (C=O) groups is 1. The van der Waals surface area contributed by atoms with Crippen LogP contribution in [0, 0.1) is 0 Å². The van der Waals surface area contributed by atoms with Crippen molar-refractivity contribution in [2.24, 2.45) is 0 Å². The first kappa shape index (κ1) is 17.7. The second-order valence-corrected chi connectivity index (χ2v) is 6.39. The van der Waals surface area contributed by atoms with Crippen molar-refractivity contribution in [3.05, 3.63) is 70.2 Å². The third-order valence-corrected chi connectivity index (χ3v) is 4.30. The molecule has 0 saturated heterocycles. The van der Waals surface area contributed by atoms with Crippen LogP contribution in [0.5, 0.6) is 0 Å². The molecule has 0 aliphatic carbocycles. The predicted molar refractivity (Wildman–Crippen MR) is 98.3 cm³/mol. The average molecular weight is 375 g/mol. The van der Waals surface area contributed by atoms with Crippen molar-refractivity contribution in [3.63, 3.8) is 0 Å². The van der Waals surface area contributed by atoms with Gasteiger partial charge in [-0.05, 0) is 36.1 Å². The van der Waals surface area contributed by atoms with Gasteiger partial charge in [-0.2, -0.15) is 0 Å². The van der Waals surface area contributed by atoms with E-state index in [4.69, 9.17) is 0 Å². The van der Waals surface area contributed by atoms with Gasteiger partial charge in [0.1, 0.15) is 0 Å². The molecule has 0 radical (unpaired) electrons. The summed E-state index contributed by atoms with van der Waals surface area (Å²) >= 11 is 3.44. The van der Waals surface area contributed by atoms with Gasteiger partial charge in [0.2, 0.25) is 5.91 Å². The van der Waals surface area contributed by atoms with Crippen LogP contribution in [-0.2, 0) is 11.2 Å². The number of nitrogens with one attached hydrogen (secondary N) is 2. The Balaban J connectivity index is 1.73. The molecule has 2 aromatic carbocycles. The predicted octanol–water partition coefficient (Wildman–Crippen LogP) is 3.85. The summed E-state index contributed by atoms with van der Waals surface area (Å²) in [6, 6.07) is 18.6. The van der Waals surface area contributed by atoms with Crippen LogP contribution in [0.15, 0.2) is 59.1 Å². The molecular formula is C19H23BrN2O. The fourth-order valence-electron chi connectivity index (χ4n) is 2.46. The molecule has 2 N–H and O–H groups in total. The lowest BCUT2D eigenvalue weighted by Gasteiger charge is -2.17. The van der Waals surface area contributed by atoms with Crippen molar-refractivity contribution in [2.45, 2.75) is 25.8 Å². The maximum Gasteiger partial charge on any atom is 0.233 e. The normalized spacial score (nSPS) is 11.9. The van der Waals surface area contributed by atoms with Gasteiger partial charge in [-0.25, -0.2) is 0 Å². The molecule has 0 aliphatic rings. The summed E-state index contributed by atoms with van der Waals surface area (Å²) in [7, 11) is 0. The van der Waals surface area contributed by atoms with Gasteiger partial charge in [-0.1, -0.05) is 65.3 Å². The van der Waals surface area contributed by atoms with Crippen LogP contribution < -0.4 is 10.6 Å². The van der Waals surface area contributed by atoms with Gasteiger partial charge in [0.25, 0.3) is 0 Å². The fourth-order valence-corrected chi connectivity index (χ4v) is 2.73. The van der Waals surface area contributed by atoms with E-state index >= 15 is 0 Å². The van der Waals surface area contributed by atoms with E-state index in [2.05, 4.69) is 57.8 Å². The number of rotatable bonds is 8. The number of hydrogen-bond donors (Lipinski definition) is 2. The highest BCUT2D eigenvalue weighted by atomic mass is 79.9. The molecule has 1 atom stereocenters. The van der Waals surface area contributed by atoms with Gasteiger partial charge < -0.3 is 10.6 Å². The molecule has 0 heterocycles. The summed E-state index contributed by atoms with van der Waals surface area (Å²) in [5, 5.41) is 6.29. The molecule has 4 heteroatoms. The Morgan fingerprint density at radius 3 is 2.43 bits per heavy atom. The molecule has 0 aliphatic heterocycles. The highest BCUT2D eigenvalue weighted by Crippen LogP contribution is 2.19. The average Bonchev–Trinajstić information content (AvgIpc) is 2.58. The van der Waals surface area contributed by atoms with E-state index in [1.54, 1.807) is 0 Å². The Morgan fingerprint density at radius 2 is 1.78 bits per heavy atom. The van der Waals surface area contributed by atoms with Crippen molar-refractivity contribution < 1.29 is 4.79 Å². The minimum Gasteiger partial charge on any atom is -0.355 e. The largest absolute Gasteiger partial charge is 0.355 e. The highest BCUT2D eigenvalue weighted by Gasteiger charge is 2.10. The first-order valence-corrected chi connectivity index (χ1v) is 8.78. The third-order valence-electron chi connectivity index (χ3n) is 3.77. The van der Waals surface area contributed by atoms with Gasteiger partial charge in [-0.3, -0.25) is 4.79 Å². The molecule has 0 spiro atoms. The highest BCUT2D eigenvalue weighted by molar-refractivity contribution is 9.10. The second kappa shape index (κ2) is 9.48. The van der Waals surface area contributed by atoms with Crippen molar-refractivity contribution >= 4 is 21.8 Å². The van der Waals surface area contributed by atoms with Crippen molar-refractivity contribution in [1.82, 2.24) is 10.6 Å². The molecule has 0 saturated carbocycles. The maximum atomic E-state index is 12.0. The van der Waals surface area contributed by atoms with Crippen molar-refractivity contribution in [3.8, 4) is 0 Å². The summed E-state index contributed by atoms with van der Waals surface area (Å²) in [6.45, 7) is 3.12. The summed E-state index contributed by atoms with van der Waals surface area (Å²) in [5.74, 6) is 0.0384. The molecule has 0 fully saturated rings. The summed E-state index contributed by atoms with van der Waals surface area (Å²) in [5.41, 5.74) is 2.44. The van der Waals surface area contributed by atoms with E-state index in [1.165, 1.54) is 11.1 Å². The molecular weight excluding hydrogens is 352 g/mol. The summed E-state index contributed by atoms with van der Waals surface area (Å²) in [6.07, 6.45) is 1.80. The quantitative estimate of drug-likeness (QED) is 0.736. The smallest absolute Gasteiger partial charge is 0.233 e. The number of carbonyl (C=O) groups excluding carboxylic acids is 1. The number of benzene rings is 2. The topological polar surface area (TPSA) is 41.1 Å². The van der Waals surface area contributed by atoms with Crippen LogP contribution in [0.1, 0.15) is 30.5 Å². The van der Waals surface area contributed by atoms with Crippen LogP contribution >= 0.6 is 15.9 Å². The molecule has 2 rings (SSSR count). The molecule has 122 valence electrons. The van der Waals surface area contributed by atoms with Crippen LogP contribution in [0.25, 0.3) is 0 Å². The van der Waals surface area contributed by atoms with E-state index in [9.17, 15) is 4.79 Å². The van der Waals surface area contributed by atoms with Crippen LogP contribution in [0.2, 0.25) is 0 Å². The van der Waals surface area contributed by atoms with E-state index in [0.29, 0.717) is 13.1 Å². The second-order valence-electron chi connectivity index (χ2n) is 5.48. The molecule has 0 aromatic heterocycles. The molecule has 0 bridgehead atoms. The van der Waals surface area contributed by atoms with Crippen molar-refractivity contribution in [1.29, 1.82) is 0 Å². The lowest BCUT2D eigenvalue weighted by molar-refractivity contribution is -0.120. The molecule has 0 unspecified atom stereocenters. The number of hydrogen-bond acceptors (Lipinski definition) is 2. The molecule has 23 heavy (non-hydrogen) atoms. The van der Waals surface area contributed by atoms with Gasteiger partial charge in [0.05, 0.1) is 6.54 Å². The molecule has 1 amide bonds. The van der Waals surface area contributed by atoms with E-state index in [1.807, 2.05) is 30.3 Å². The Hall–Kier alpha value is -1.65. The first-order valence-electron chi connectivity index (χ1n) is 7.98. The zero-order valence-corrected chi connectivity index (χ0v) is 15.0. The SMILES string of the molecule is CC[C@H](NCC(=O)NCCc1ccccc1)c1ccc(Br)cc1. The monoisotopic (exact) mass is 374 g/mol. The lowest BCUT2D eigenvalue weighted by Crippen LogP contribution is -2.36. The van der Waals surface area contributed by atoms with Crippen LogP contribution in [0.3, 0.4) is 0 Å². The zero-order chi connectivity index (χ0) is 16.5. The summed E-state index contributed by atoms with van der Waals surface area (Å²) < 4.78 is 1.06. The summed E-state index contributed by atoms with van der Waals surface area (Å²) in [4.78, 5) is 12.0. The maximum absolute atomic E-state index is 12.0. The van der Waals surface area contributed by atoms with Crippen molar-refractivity contribution in [2.75, 3.05) is 13.1 Å². The fraction of sp³-hybridized carbons (Fsp3) is 0.316. The third kappa shape index (κ3) is 6.16. The van der Waals surface area contributed by atoms with E-state index < -0.39 is 0 Å². The Kier molecular flexibility index (Phi) is 7.30. The number of amides is 1.